The molecule has 2 aromatic rings. The van der Waals surface area contributed by atoms with Gasteiger partial charge in [0.25, 0.3) is 5.91 Å². The topological polar surface area (TPSA) is 90.3 Å². The Hall–Kier alpha value is -3.17. The van der Waals surface area contributed by atoms with Gasteiger partial charge in [-0.25, -0.2) is 9.48 Å². The summed E-state index contributed by atoms with van der Waals surface area (Å²) in [5.74, 6) is -1.73. The summed E-state index contributed by atoms with van der Waals surface area (Å²) in [7, 11) is 0. The Labute approximate surface area is 164 Å². The number of benzene rings is 1. The highest BCUT2D eigenvalue weighted by Gasteiger charge is 2.30. The summed E-state index contributed by atoms with van der Waals surface area (Å²) < 4.78 is 44.7. The number of ether oxygens (including phenoxy) is 1. The van der Waals surface area contributed by atoms with Crippen molar-refractivity contribution >= 4 is 11.9 Å². The van der Waals surface area contributed by atoms with Crippen molar-refractivity contribution in [3.8, 4) is 5.69 Å². The Kier molecular flexibility index (Phi) is 6.15. The number of aryl methyl sites for hydroxylation is 1. The molecule has 0 unspecified atom stereocenters. The van der Waals surface area contributed by atoms with Gasteiger partial charge in [0.15, 0.2) is 6.61 Å². The quantitative estimate of drug-likeness (QED) is 0.782. The maximum absolute atomic E-state index is 13.0. The van der Waals surface area contributed by atoms with Gasteiger partial charge in [0.05, 0.1) is 11.3 Å². The molecular weight excluding hydrogens is 391 g/mol. The van der Waals surface area contributed by atoms with Crippen LogP contribution in [0.15, 0.2) is 35.1 Å². The van der Waals surface area contributed by atoms with Gasteiger partial charge in [0, 0.05) is 17.3 Å². The Morgan fingerprint density at radius 1 is 1.17 bits per heavy atom. The normalized spacial score (nSPS) is 11.8. The molecule has 1 amide bonds. The number of hydrogen-bond acceptors (Lipinski definition) is 5. The van der Waals surface area contributed by atoms with E-state index in [2.05, 4.69) is 10.4 Å². The van der Waals surface area contributed by atoms with Crippen molar-refractivity contribution in [3.05, 3.63) is 57.5 Å². The number of alkyl halides is 3. The van der Waals surface area contributed by atoms with Crippen LogP contribution in [0.1, 0.15) is 42.5 Å². The van der Waals surface area contributed by atoms with Gasteiger partial charge in [-0.1, -0.05) is 6.07 Å². The molecule has 0 aliphatic rings. The molecule has 2 rings (SSSR count). The third-order valence-corrected chi connectivity index (χ3v) is 3.57. The number of carbonyl (C=O) groups is 2. The van der Waals surface area contributed by atoms with Gasteiger partial charge in [-0.05, 0) is 45.9 Å². The molecule has 7 nitrogen and oxygen atoms in total. The van der Waals surface area contributed by atoms with Gasteiger partial charge in [-0.15, -0.1) is 0 Å². The molecule has 1 aromatic carbocycles. The van der Waals surface area contributed by atoms with Crippen molar-refractivity contribution in [2.75, 3.05) is 6.61 Å². The SMILES string of the molecule is Cc1cc(=O)c(C(=O)OCC(=O)NC(C)(C)C)nn1-c1cccc(C(F)(F)F)c1. The van der Waals surface area contributed by atoms with Crippen LogP contribution in [0.5, 0.6) is 0 Å². The number of amides is 1. The lowest BCUT2D eigenvalue weighted by molar-refractivity contribution is -0.137. The highest BCUT2D eigenvalue weighted by molar-refractivity contribution is 5.89. The standard InChI is InChI=1S/C19H20F3N3O4/c1-11-8-14(26)16(17(28)29-10-15(27)23-18(2,3)4)24-25(11)13-7-5-6-12(9-13)19(20,21)22/h5-9H,10H2,1-4H3,(H,23,27). The molecule has 0 radical (unpaired) electrons. The van der Waals surface area contributed by atoms with Crippen molar-refractivity contribution < 1.29 is 27.5 Å². The van der Waals surface area contributed by atoms with Crippen LogP contribution in [0, 0.1) is 6.92 Å². The van der Waals surface area contributed by atoms with E-state index in [9.17, 15) is 27.6 Å². The molecule has 0 bridgehead atoms. The fraction of sp³-hybridized carbons (Fsp3) is 0.368. The van der Waals surface area contributed by atoms with Crippen LogP contribution in [0.4, 0.5) is 13.2 Å². The number of halogens is 3. The Morgan fingerprint density at radius 2 is 1.83 bits per heavy atom. The van der Waals surface area contributed by atoms with Crippen LogP contribution in [0.3, 0.4) is 0 Å². The predicted octanol–water partition coefficient (Wildman–Crippen LogP) is 2.63. The van der Waals surface area contributed by atoms with Crippen molar-refractivity contribution in [2.24, 2.45) is 0 Å². The molecule has 1 N–H and O–H groups in total. The van der Waals surface area contributed by atoms with Crippen LogP contribution >= 0.6 is 0 Å². The van der Waals surface area contributed by atoms with Crippen molar-refractivity contribution in [1.82, 2.24) is 15.1 Å². The summed E-state index contributed by atoms with van der Waals surface area (Å²) in [5.41, 5.74) is -2.63. The molecule has 1 heterocycles. The van der Waals surface area contributed by atoms with Crippen LogP contribution < -0.4 is 10.7 Å². The molecule has 0 atom stereocenters. The third kappa shape index (κ3) is 5.90. The number of rotatable bonds is 4. The minimum atomic E-state index is -4.56. The van der Waals surface area contributed by atoms with Crippen LogP contribution in [0.2, 0.25) is 0 Å². The summed E-state index contributed by atoms with van der Waals surface area (Å²) >= 11 is 0. The molecule has 0 spiro atoms. The first-order valence-electron chi connectivity index (χ1n) is 8.55. The first-order chi connectivity index (χ1) is 13.3. The fourth-order valence-corrected chi connectivity index (χ4v) is 2.42. The van der Waals surface area contributed by atoms with E-state index in [-0.39, 0.29) is 11.4 Å². The van der Waals surface area contributed by atoms with E-state index in [1.807, 2.05) is 0 Å². The van der Waals surface area contributed by atoms with E-state index in [1.165, 1.54) is 19.1 Å². The maximum Gasteiger partial charge on any atom is 0.416 e. The molecule has 0 saturated carbocycles. The number of nitrogens with zero attached hydrogens (tertiary/aromatic N) is 2. The first kappa shape index (κ1) is 22.1. The van der Waals surface area contributed by atoms with Gasteiger partial charge < -0.3 is 10.1 Å². The van der Waals surface area contributed by atoms with Gasteiger partial charge in [-0.2, -0.15) is 18.3 Å². The number of esters is 1. The number of nitrogens with one attached hydrogen (secondary N) is 1. The molecule has 0 saturated heterocycles. The summed E-state index contributed by atoms with van der Waals surface area (Å²) in [6, 6.07) is 5.33. The van der Waals surface area contributed by atoms with Gasteiger partial charge >= 0.3 is 12.1 Å². The Morgan fingerprint density at radius 3 is 2.41 bits per heavy atom. The summed E-state index contributed by atoms with van der Waals surface area (Å²) in [4.78, 5) is 36.1. The number of carbonyl (C=O) groups excluding carboxylic acids is 2. The Bertz CT molecular complexity index is 991. The van der Waals surface area contributed by atoms with Crippen LogP contribution in [-0.2, 0) is 15.7 Å². The second-order valence-corrected chi connectivity index (χ2v) is 7.33. The molecule has 10 heteroatoms. The van der Waals surface area contributed by atoms with Crippen molar-refractivity contribution in [1.29, 1.82) is 0 Å². The monoisotopic (exact) mass is 411 g/mol. The predicted molar refractivity (Wildman–Crippen MR) is 97.8 cm³/mol. The first-order valence-corrected chi connectivity index (χ1v) is 8.55. The van der Waals surface area contributed by atoms with Gasteiger partial charge in [0.1, 0.15) is 0 Å². The Balaban J connectivity index is 2.31. The second-order valence-electron chi connectivity index (χ2n) is 7.33. The summed E-state index contributed by atoms with van der Waals surface area (Å²) in [6.07, 6.45) is -4.56. The maximum atomic E-state index is 13.0. The van der Waals surface area contributed by atoms with Gasteiger partial charge in [-0.3, -0.25) is 9.59 Å². The van der Waals surface area contributed by atoms with Crippen LogP contribution in [0.25, 0.3) is 5.69 Å². The fourth-order valence-electron chi connectivity index (χ4n) is 2.42. The molecule has 156 valence electrons. The molecule has 1 aromatic heterocycles. The lowest BCUT2D eigenvalue weighted by Crippen LogP contribution is -2.43. The molecule has 0 aliphatic heterocycles. The minimum Gasteiger partial charge on any atom is -0.451 e. The molecule has 0 aliphatic carbocycles. The van der Waals surface area contributed by atoms with E-state index >= 15 is 0 Å². The zero-order valence-corrected chi connectivity index (χ0v) is 16.3. The summed E-state index contributed by atoms with van der Waals surface area (Å²) in [5, 5.41) is 6.43. The van der Waals surface area contributed by atoms with Crippen molar-refractivity contribution in [2.45, 2.75) is 39.4 Å². The van der Waals surface area contributed by atoms with E-state index in [0.29, 0.717) is 0 Å². The minimum absolute atomic E-state index is 0.0110. The average molecular weight is 411 g/mol. The molecular formula is C19H20F3N3O4. The van der Waals surface area contributed by atoms with Crippen LogP contribution in [-0.4, -0.2) is 33.8 Å². The lowest BCUT2D eigenvalue weighted by Gasteiger charge is -2.20. The van der Waals surface area contributed by atoms with E-state index < -0.39 is 46.9 Å². The largest absolute Gasteiger partial charge is 0.451 e. The van der Waals surface area contributed by atoms with Gasteiger partial charge in [0.2, 0.25) is 11.1 Å². The highest BCUT2D eigenvalue weighted by Crippen LogP contribution is 2.30. The highest BCUT2D eigenvalue weighted by atomic mass is 19.4. The number of aromatic nitrogens is 2. The smallest absolute Gasteiger partial charge is 0.416 e. The van der Waals surface area contributed by atoms with Crippen molar-refractivity contribution in [3.63, 3.8) is 0 Å². The van der Waals surface area contributed by atoms with E-state index in [0.717, 1.165) is 22.9 Å². The second kappa shape index (κ2) is 8.06. The number of hydrogen-bond donors (Lipinski definition) is 1. The third-order valence-electron chi connectivity index (χ3n) is 3.57. The van der Waals surface area contributed by atoms with E-state index in [1.54, 1.807) is 20.8 Å². The molecule has 0 fully saturated rings. The van der Waals surface area contributed by atoms with E-state index in [4.69, 9.17) is 4.74 Å². The molecule has 29 heavy (non-hydrogen) atoms. The zero-order valence-electron chi connectivity index (χ0n) is 16.3. The summed E-state index contributed by atoms with van der Waals surface area (Å²) in [6.45, 7) is 6.04. The zero-order chi connectivity index (χ0) is 22.0. The average Bonchev–Trinajstić information content (AvgIpc) is 2.57. The lowest BCUT2D eigenvalue weighted by atomic mass is 10.1.